The van der Waals surface area contributed by atoms with E-state index in [2.05, 4.69) is 6.92 Å². The van der Waals surface area contributed by atoms with Gasteiger partial charge in [-0.25, -0.2) is 0 Å². The topological polar surface area (TPSA) is 67.3 Å². The molecule has 0 bridgehead atoms. The first-order valence-corrected chi connectivity index (χ1v) is 9.02. The fourth-order valence-electron chi connectivity index (χ4n) is 6.78. The number of carbonyl (C=O) groups excluding carboxylic acids is 1. The zero-order chi connectivity index (χ0) is 14.8. The van der Waals surface area contributed by atoms with E-state index >= 15 is 0 Å². The Morgan fingerprint density at radius 2 is 1.83 bits per heavy atom. The summed E-state index contributed by atoms with van der Waals surface area (Å²) in [5, 5.41) is 10.0. The summed E-state index contributed by atoms with van der Waals surface area (Å²) in [5.41, 5.74) is 0.174. The first-order valence-electron chi connectivity index (χ1n) is 9.02. The minimum Gasteiger partial charge on any atom is -0.870 e. The van der Waals surface area contributed by atoms with Gasteiger partial charge in [0.25, 0.3) is 0 Å². The number of aliphatic hydroxyl groups is 1. The van der Waals surface area contributed by atoms with Crippen LogP contribution in [0.15, 0.2) is 0 Å². The predicted octanol–water partition coefficient (Wildman–Crippen LogP) is 0.600. The molecule has 3 nitrogen and oxygen atoms in total. The van der Waals surface area contributed by atoms with E-state index in [4.69, 9.17) is 6.92 Å². The summed E-state index contributed by atoms with van der Waals surface area (Å²) in [5.74, 6) is 3.19. The van der Waals surface area contributed by atoms with Gasteiger partial charge in [-0.2, -0.15) is 5.41 Å². The van der Waals surface area contributed by atoms with Gasteiger partial charge in [-0.05, 0) is 43.9 Å². The maximum Gasteiger partial charge on any atom is 1.00 e. The quantitative estimate of drug-likeness (QED) is 0.615. The molecule has 23 heavy (non-hydrogen) atoms. The molecule has 4 aliphatic carbocycles. The van der Waals surface area contributed by atoms with Crippen LogP contribution in [0, 0.1) is 41.4 Å². The molecule has 7 atom stereocenters. The summed E-state index contributed by atoms with van der Waals surface area (Å²) in [7, 11) is 0. The largest absolute Gasteiger partial charge is 1.00 e. The van der Waals surface area contributed by atoms with Gasteiger partial charge in [0.2, 0.25) is 0 Å². The van der Waals surface area contributed by atoms with Crippen LogP contribution in [0.25, 0.3) is 0 Å². The number of aliphatic hydroxyl groups excluding tert-OH is 1. The summed E-state index contributed by atoms with van der Waals surface area (Å²) in [6.07, 6.45) is 9.62. The Morgan fingerprint density at radius 1 is 1.09 bits per heavy atom. The average molecular weight is 392 g/mol. The molecule has 4 rings (SSSR count). The van der Waals surface area contributed by atoms with Crippen LogP contribution in [0.3, 0.4) is 0 Å². The van der Waals surface area contributed by atoms with Gasteiger partial charge >= 0.3 is 58.2 Å². The number of hydrogen-bond donors (Lipinski definition) is 1. The minimum absolute atomic E-state index is 0. The molecule has 0 amide bonds. The van der Waals surface area contributed by atoms with E-state index in [-0.39, 0.29) is 80.6 Å². The van der Waals surface area contributed by atoms with E-state index in [9.17, 15) is 9.90 Å². The zero-order valence-electron chi connectivity index (χ0n) is 14.8. The molecule has 0 radical (unpaired) electrons. The van der Waals surface area contributed by atoms with Crippen LogP contribution in [0.2, 0.25) is 0 Å². The van der Waals surface area contributed by atoms with Crippen molar-refractivity contribution in [3.63, 3.8) is 0 Å². The summed E-state index contributed by atoms with van der Waals surface area (Å²) < 4.78 is 0. The molecule has 0 aliphatic heterocycles. The molecule has 0 aromatic heterocycles. The average Bonchev–Trinajstić information content (AvgIpc) is 2.76. The van der Waals surface area contributed by atoms with Crippen LogP contribution in [-0.4, -0.2) is 22.5 Å². The maximum absolute atomic E-state index is 12.4. The van der Waals surface area contributed by atoms with Gasteiger partial charge in [0.1, 0.15) is 5.78 Å². The number of carbonyl (C=O) groups is 1. The first-order chi connectivity index (χ1) is 9.95. The normalized spacial score (nSPS) is 51.6. The Bertz CT molecular complexity index is 468. The van der Waals surface area contributed by atoms with Crippen LogP contribution < -0.4 is 58.2 Å². The third-order valence-electron chi connectivity index (χ3n) is 8.05. The van der Waals surface area contributed by atoms with Gasteiger partial charge < -0.3 is 17.5 Å². The number of hydrogen-bond acceptors (Lipinski definition) is 3. The van der Waals surface area contributed by atoms with E-state index in [1.807, 2.05) is 0 Å². The predicted molar refractivity (Wildman–Crippen MR) is 84.4 cm³/mol. The molecule has 0 heterocycles. The van der Waals surface area contributed by atoms with Crippen molar-refractivity contribution in [2.75, 3.05) is 0 Å². The smallest absolute Gasteiger partial charge is 0.870 e. The van der Waals surface area contributed by atoms with Crippen LogP contribution in [0.1, 0.15) is 64.7 Å². The number of fused-ring (bicyclic) bond motifs is 5. The second kappa shape index (κ2) is 7.19. The Morgan fingerprint density at radius 3 is 2.57 bits per heavy atom. The van der Waals surface area contributed by atoms with Crippen molar-refractivity contribution in [2.24, 2.45) is 34.5 Å². The molecule has 126 valence electrons. The van der Waals surface area contributed by atoms with Gasteiger partial charge in [0.15, 0.2) is 0 Å². The van der Waals surface area contributed by atoms with E-state index < -0.39 is 0 Å². The summed E-state index contributed by atoms with van der Waals surface area (Å²) in [6, 6.07) is 0. The summed E-state index contributed by atoms with van der Waals surface area (Å²) in [6.45, 7) is 6.98. The number of Topliss-reactive ketones (excluding diaryl/α,β-unsaturated/α-hetero) is 1. The number of ketones is 1. The molecule has 4 aliphatic rings. The SMILES string of the molecule is [CH2-][C@]12CC[C@@H](O)C[C@H]1CC[C@@H]1[C@@H]2CC[C@]2(C)C(=O)CC[C@@H]12.[OH-].[Rb+]. The molecular weight excluding hydrogens is 362 g/mol. The molecular formula is C19H30O3Rb-. The molecule has 0 aromatic rings. The van der Waals surface area contributed by atoms with Crippen molar-refractivity contribution >= 4 is 5.78 Å². The van der Waals surface area contributed by atoms with Crippen molar-refractivity contribution in [3.05, 3.63) is 6.92 Å². The number of rotatable bonds is 0. The maximum atomic E-state index is 12.4. The molecule has 2 N–H and O–H groups in total. The molecule has 0 unspecified atom stereocenters. The van der Waals surface area contributed by atoms with Gasteiger partial charge in [-0.1, -0.05) is 38.0 Å². The van der Waals surface area contributed by atoms with Crippen molar-refractivity contribution < 1.29 is 73.6 Å². The van der Waals surface area contributed by atoms with Crippen LogP contribution in [-0.2, 0) is 4.79 Å². The molecule has 0 aromatic carbocycles. The minimum atomic E-state index is -0.0941. The molecule has 4 fully saturated rings. The molecule has 0 saturated heterocycles. The van der Waals surface area contributed by atoms with Crippen molar-refractivity contribution in [1.29, 1.82) is 0 Å². The second-order valence-corrected chi connectivity index (χ2v) is 8.73. The fourth-order valence-corrected chi connectivity index (χ4v) is 6.78. The van der Waals surface area contributed by atoms with E-state index in [1.54, 1.807) is 0 Å². The standard InChI is InChI=1S/C19H29O2.H2O.Rb/c1-18-9-7-13(20)11-12(18)3-4-14-15-5-6-17(21)19(15,2)10-8-16(14)18;;/h12-16,20H,1,3-11H2,2H3;1H2;/q-1;;+1/p-1/t12-,13-,14+,15+,16+,18+,19+;;/m1../s1. The van der Waals surface area contributed by atoms with Gasteiger partial charge in [0.05, 0.1) is 6.10 Å². The third-order valence-corrected chi connectivity index (χ3v) is 8.05. The van der Waals surface area contributed by atoms with Gasteiger partial charge in [0, 0.05) is 11.8 Å². The molecule has 4 heteroatoms. The Balaban J connectivity index is 0.000000960. The molecule has 4 saturated carbocycles. The molecule has 0 spiro atoms. The zero-order valence-corrected chi connectivity index (χ0v) is 19.7. The third kappa shape index (κ3) is 3.04. The van der Waals surface area contributed by atoms with E-state index in [0.29, 0.717) is 23.5 Å². The fraction of sp³-hybridized carbons (Fsp3) is 0.895. The van der Waals surface area contributed by atoms with Crippen molar-refractivity contribution in [3.8, 4) is 0 Å². The van der Waals surface area contributed by atoms with E-state index in [0.717, 1.165) is 44.4 Å². The van der Waals surface area contributed by atoms with Crippen molar-refractivity contribution in [1.82, 2.24) is 0 Å². The van der Waals surface area contributed by atoms with Gasteiger partial charge in [-0.15, -0.1) is 0 Å². The monoisotopic (exact) mass is 391 g/mol. The summed E-state index contributed by atoms with van der Waals surface area (Å²) in [4.78, 5) is 12.4. The second-order valence-electron chi connectivity index (χ2n) is 8.73. The van der Waals surface area contributed by atoms with Crippen LogP contribution in [0.4, 0.5) is 0 Å². The Kier molecular flexibility index (Phi) is 6.47. The van der Waals surface area contributed by atoms with Crippen LogP contribution >= 0.6 is 0 Å². The first kappa shape index (κ1) is 20.7. The Hall–Kier alpha value is 1.40. The Labute approximate surface area is 189 Å². The summed E-state index contributed by atoms with van der Waals surface area (Å²) >= 11 is 0. The van der Waals surface area contributed by atoms with Crippen LogP contribution in [0.5, 0.6) is 0 Å². The van der Waals surface area contributed by atoms with E-state index in [1.165, 1.54) is 19.3 Å². The van der Waals surface area contributed by atoms with Gasteiger partial charge in [-0.3, -0.25) is 4.79 Å². The van der Waals surface area contributed by atoms with Crippen molar-refractivity contribution in [2.45, 2.75) is 70.8 Å².